The Hall–Kier alpha value is -2.72. The monoisotopic (exact) mass is 332 g/mol. The van der Waals surface area contributed by atoms with Gasteiger partial charge in [0.25, 0.3) is 0 Å². The fraction of sp³-hybridized carbons (Fsp3) is 0.238. The summed E-state index contributed by atoms with van der Waals surface area (Å²) in [6, 6.07) is 17.7. The van der Waals surface area contributed by atoms with Crippen molar-refractivity contribution < 1.29 is 9.90 Å². The van der Waals surface area contributed by atoms with E-state index in [1.54, 1.807) is 12.1 Å². The van der Waals surface area contributed by atoms with Crippen molar-refractivity contribution in [3.63, 3.8) is 0 Å². The lowest BCUT2D eigenvalue weighted by molar-refractivity contribution is 0.0695. The van der Waals surface area contributed by atoms with Gasteiger partial charge in [-0.05, 0) is 48.2 Å². The fourth-order valence-electron chi connectivity index (χ4n) is 3.81. The number of carbonyl (C=O) groups is 1. The normalized spacial score (nSPS) is 17.8. The van der Waals surface area contributed by atoms with Crippen LogP contribution in [0.4, 0.5) is 0 Å². The van der Waals surface area contributed by atoms with Crippen LogP contribution in [-0.2, 0) is 6.54 Å². The Morgan fingerprint density at radius 1 is 1.12 bits per heavy atom. The summed E-state index contributed by atoms with van der Waals surface area (Å²) in [6.07, 6.45) is 2.86. The van der Waals surface area contributed by atoms with E-state index in [9.17, 15) is 9.90 Å². The number of carboxylic acids is 1. The zero-order valence-electron chi connectivity index (χ0n) is 13.9. The van der Waals surface area contributed by atoms with Gasteiger partial charge in [-0.2, -0.15) is 0 Å². The van der Waals surface area contributed by atoms with Crippen molar-refractivity contribution in [3.8, 4) is 0 Å². The van der Waals surface area contributed by atoms with Gasteiger partial charge in [-0.15, -0.1) is 0 Å². The van der Waals surface area contributed by atoms with Gasteiger partial charge in [0.1, 0.15) is 0 Å². The molecule has 2 heterocycles. The number of carboxylic acid groups (broad SMARTS) is 1. The Morgan fingerprint density at radius 2 is 1.92 bits per heavy atom. The summed E-state index contributed by atoms with van der Waals surface area (Å²) in [7, 11) is 0. The van der Waals surface area contributed by atoms with E-state index < -0.39 is 5.97 Å². The SMILES string of the molecule is O=C(O)c1ccccc1C1CCN(Cc2ccnc3ccccc23)C1. The number of aromatic nitrogens is 1. The van der Waals surface area contributed by atoms with Gasteiger partial charge in [-0.1, -0.05) is 36.4 Å². The second kappa shape index (κ2) is 6.65. The molecule has 1 N–H and O–H groups in total. The van der Waals surface area contributed by atoms with E-state index in [4.69, 9.17) is 0 Å². The predicted octanol–water partition coefficient (Wildman–Crippen LogP) is 3.92. The highest BCUT2D eigenvalue weighted by atomic mass is 16.4. The standard InChI is InChI=1S/C21H20N2O2/c24-21(25)19-7-2-1-5-17(19)16-10-12-23(14-16)13-15-9-11-22-20-8-4-3-6-18(15)20/h1-9,11,16H,10,12-14H2,(H,24,25). The van der Waals surface area contributed by atoms with E-state index in [1.165, 1.54) is 10.9 Å². The van der Waals surface area contributed by atoms with E-state index in [-0.39, 0.29) is 5.92 Å². The van der Waals surface area contributed by atoms with Crippen molar-refractivity contribution >= 4 is 16.9 Å². The molecule has 126 valence electrons. The minimum atomic E-state index is -0.839. The van der Waals surface area contributed by atoms with Crippen LogP contribution in [0.5, 0.6) is 0 Å². The molecule has 1 aromatic heterocycles. The number of likely N-dealkylation sites (tertiary alicyclic amines) is 1. The number of hydrogen-bond acceptors (Lipinski definition) is 3. The first-order chi connectivity index (χ1) is 12.2. The number of para-hydroxylation sites is 1. The molecule has 4 heteroatoms. The van der Waals surface area contributed by atoms with Gasteiger partial charge in [0.05, 0.1) is 11.1 Å². The smallest absolute Gasteiger partial charge is 0.335 e. The Morgan fingerprint density at radius 3 is 2.80 bits per heavy atom. The summed E-state index contributed by atoms with van der Waals surface area (Å²) in [5.74, 6) is -0.561. The average Bonchev–Trinajstić information content (AvgIpc) is 3.10. The molecule has 1 atom stereocenters. The molecule has 0 saturated carbocycles. The quantitative estimate of drug-likeness (QED) is 0.787. The van der Waals surface area contributed by atoms with Gasteiger partial charge in [-0.25, -0.2) is 4.79 Å². The number of hydrogen-bond donors (Lipinski definition) is 1. The molecule has 1 unspecified atom stereocenters. The van der Waals surface area contributed by atoms with Crippen molar-refractivity contribution in [1.82, 2.24) is 9.88 Å². The lowest BCUT2D eigenvalue weighted by Gasteiger charge is -2.18. The minimum absolute atomic E-state index is 0.278. The van der Waals surface area contributed by atoms with E-state index in [0.717, 1.165) is 37.1 Å². The second-order valence-electron chi connectivity index (χ2n) is 6.60. The summed E-state index contributed by atoms with van der Waals surface area (Å²) in [5, 5.41) is 10.6. The highest BCUT2D eigenvalue weighted by Gasteiger charge is 2.27. The Labute approximate surface area is 146 Å². The maximum Gasteiger partial charge on any atom is 0.335 e. The molecule has 4 rings (SSSR count). The molecular weight excluding hydrogens is 312 g/mol. The molecular formula is C21H20N2O2. The zero-order valence-corrected chi connectivity index (χ0v) is 13.9. The van der Waals surface area contributed by atoms with Crippen LogP contribution in [-0.4, -0.2) is 34.0 Å². The van der Waals surface area contributed by atoms with E-state index in [2.05, 4.69) is 22.0 Å². The van der Waals surface area contributed by atoms with Crippen LogP contribution < -0.4 is 0 Å². The average molecular weight is 332 g/mol. The largest absolute Gasteiger partial charge is 0.478 e. The molecule has 0 amide bonds. The van der Waals surface area contributed by atoms with E-state index in [0.29, 0.717) is 5.56 Å². The molecule has 1 saturated heterocycles. The fourth-order valence-corrected chi connectivity index (χ4v) is 3.81. The summed E-state index contributed by atoms with van der Waals surface area (Å²) in [6.45, 7) is 2.74. The van der Waals surface area contributed by atoms with Crippen LogP contribution in [0.1, 0.15) is 33.8 Å². The molecule has 0 aliphatic carbocycles. The van der Waals surface area contributed by atoms with E-state index in [1.807, 2.05) is 36.5 Å². The van der Waals surface area contributed by atoms with Crippen LogP contribution in [0.15, 0.2) is 60.8 Å². The first kappa shape index (κ1) is 15.8. The van der Waals surface area contributed by atoms with Crippen molar-refractivity contribution in [1.29, 1.82) is 0 Å². The van der Waals surface area contributed by atoms with Crippen molar-refractivity contribution in [2.75, 3.05) is 13.1 Å². The number of pyridine rings is 1. The van der Waals surface area contributed by atoms with Crippen LogP contribution in [0.25, 0.3) is 10.9 Å². The lowest BCUT2D eigenvalue weighted by Crippen LogP contribution is -2.20. The third-order valence-corrected chi connectivity index (χ3v) is 5.04. The summed E-state index contributed by atoms with van der Waals surface area (Å²) < 4.78 is 0. The van der Waals surface area contributed by atoms with Gasteiger partial charge in [-0.3, -0.25) is 9.88 Å². The molecule has 4 nitrogen and oxygen atoms in total. The zero-order chi connectivity index (χ0) is 17.2. The molecule has 0 spiro atoms. The molecule has 3 aromatic rings. The molecule has 1 fully saturated rings. The van der Waals surface area contributed by atoms with Crippen LogP contribution in [0, 0.1) is 0 Å². The van der Waals surface area contributed by atoms with Gasteiger partial charge in [0, 0.05) is 24.7 Å². The molecule has 1 aliphatic rings. The molecule has 25 heavy (non-hydrogen) atoms. The second-order valence-corrected chi connectivity index (χ2v) is 6.60. The molecule has 0 bridgehead atoms. The van der Waals surface area contributed by atoms with Crippen LogP contribution in [0.3, 0.4) is 0 Å². The van der Waals surface area contributed by atoms with Crippen molar-refractivity contribution in [2.45, 2.75) is 18.9 Å². The highest BCUT2D eigenvalue weighted by Crippen LogP contribution is 2.31. The predicted molar refractivity (Wildman–Crippen MR) is 97.8 cm³/mol. The Balaban J connectivity index is 1.54. The summed E-state index contributed by atoms with van der Waals surface area (Å²) in [4.78, 5) is 18.3. The Bertz CT molecular complexity index is 917. The lowest BCUT2D eigenvalue weighted by atomic mass is 9.93. The first-order valence-corrected chi connectivity index (χ1v) is 8.59. The van der Waals surface area contributed by atoms with Gasteiger partial charge in [0.15, 0.2) is 0 Å². The Kier molecular flexibility index (Phi) is 4.20. The van der Waals surface area contributed by atoms with Crippen LogP contribution in [0.2, 0.25) is 0 Å². The maximum absolute atomic E-state index is 11.5. The third-order valence-electron chi connectivity index (χ3n) is 5.04. The first-order valence-electron chi connectivity index (χ1n) is 8.59. The highest BCUT2D eigenvalue weighted by molar-refractivity contribution is 5.89. The van der Waals surface area contributed by atoms with Gasteiger partial charge < -0.3 is 5.11 Å². The van der Waals surface area contributed by atoms with Gasteiger partial charge >= 0.3 is 5.97 Å². The number of nitrogens with zero attached hydrogens (tertiary/aromatic N) is 2. The number of aromatic carboxylic acids is 1. The molecule has 0 radical (unpaired) electrons. The number of benzene rings is 2. The molecule has 2 aromatic carbocycles. The topological polar surface area (TPSA) is 53.4 Å². The third kappa shape index (κ3) is 3.13. The summed E-state index contributed by atoms with van der Waals surface area (Å²) in [5.41, 5.74) is 3.69. The van der Waals surface area contributed by atoms with E-state index >= 15 is 0 Å². The van der Waals surface area contributed by atoms with Crippen LogP contribution >= 0.6 is 0 Å². The minimum Gasteiger partial charge on any atom is -0.478 e. The van der Waals surface area contributed by atoms with Crippen molar-refractivity contribution in [2.24, 2.45) is 0 Å². The number of rotatable bonds is 4. The number of fused-ring (bicyclic) bond motifs is 1. The maximum atomic E-state index is 11.5. The molecule has 1 aliphatic heterocycles. The van der Waals surface area contributed by atoms with Crippen molar-refractivity contribution in [3.05, 3.63) is 77.5 Å². The van der Waals surface area contributed by atoms with Gasteiger partial charge in [0.2, 0.25) is 0 Å². The summed E-state index contributed by atoms with van der Waals surface area (Å²) >= 11 is 0.